The topological polar surface area (TPSA) is 44.9 Å². The van der Waals surface area contributed by atoms with Crippen LogP contribution in [0.1, 0.15) is 52.0 Å². The molecule has 3 heteroatoms. The lowest BCUT2D eigenvalue weighted by molar-refractivity contribution is -0.123. The van der Waals surface area contributed by atoms with Crippen LogP contribution in [0.25, 0.3) is 10.9 Å². The van der Waals surface area contributed by atoms with E-state index in [-0.39, 0.29) is 11.4 Å². The Kier molecular flexibility index (Phi) is 5.05. The summed E-state index contributed by atoms with van der Waals surface area (Å²) in [6, 6.07) is 8.23. The highest BCUT2D eigenvalue weighted by Crippen LogP contribution is 2.21. The monoisotopic (exact) mass is 286 g/mol. The molecule has 1 amide bonds. The molecular weight excluding hydrogens is 260 g/mol. The van der Waals surface area contributed by atoms with E-state index in [2.05, 4.69) is 43.2 Å². The number of nitrogens with one attached hydrogen (secondary N) is 2. The Morgan fingerprint density at radius 2 is 1.81 bits per heavy atom. The van der Waals surface area contributed by atoms with Crippen LogP contribution in [0.5, 0.6) is 0 Å². The number of carbonyl (C=O) groups is 1. The van der Waals surface area contributed by atoms with Crippen LogP contribution in [0.2, 0.25) is 0 Å². The maximum Gasteiger partial charge on any atom is 0.220 e. The number of para-hydroxylation sites is 1. The van der Waals surface area contributed by atoms with Gasteiger partial charge in [-0.05, 0) is 37.3 Å². The van der Waals surface area contributed by atoms with E-state index in [0.29, 0.717) is 6.42 Å². The molecule has 0 aliphatic rings. The number of aromatic nitrogens is 1. The Morgan fingerprint density at radius 1 is 1.14 bits per heavy atom. The van der Waals surface area contributed by atoms with Crippen molar-refractivity contribution in [1.29, 1.82) is 0 Å². The third-order valence-electron chi connectivity index (χ3n) is 4.73. The van der Waals surface area contributed by atoms with Crippen LogP contribution >= 0.6 is 0 Å². The van der Waals surface area contributed by atoms with E-state index in [9.17, 15) is 4.79 Å². The quantitative estimate of drug-likeness (QED) is 0.787. The molecule has 2 N–H and O–H groups in total. The number of fused-ring (bicyclic) bond motifs is 1. The molecule has 21 heavy (non-hydrogen) atoms. The molecule has 0 saturated carbocycles. The summed E-state index contributed by atoms with van der Waals surface area (Å²) in [5.74, 6) is 0.158. The van der Waals surface area contributed by atoms with Crippen molar-refractivity contribution < 1.29 is 4.79 Å². The fourth-order valence-corrected chi connectivity index (χ4v) is 2.96. The molecule has 2 aromatic rings. The van der Waals surface area contributed by atoms with Gasteiger partial charge in [0.1, 0.15) is 0 Å². The Hall–Kier alpha value is -1.77. The minimum Gasteiger partial charge on any atom is -0.361 e. The predicted octanol–water partition coefficient (Wildman–Crippen LogP) is 4.19. The number of amides is 1. The summed E-state index contributed by atoms with van der Waals surface area (Å²) in [5.41, 5.74) is 2.32. The summed E-state index contributed by atoms with van der Waals surface area (Å²) < 4.78 is 0. The molecule has 0 aliphatic carbocycles. The zero-order valence-corrected chi connectivity index (χ0v) is 13.3. The first-order valence-corrected chi connectivity index (χ1v) is 8.00. The Balaban J connectivity index is 1.98. The molecule has 2 rings (SSSR count). The van der Waals surface area contributed by atoms with Crippen molar-refractivity contribution in [2.75, 3.05) is 0 Å². The summed E-state index contributed by atoms with van der Waals surface area (Å²) in [4.78, 5) is 15.5. The molecule has 0 saturated heterocycles. The summed E-state index contributed by atoms with van der Waals surface area (Å²) >= 11 is 0. The molecule has 1 heterocycles. The lowest BCUT2D eigenvalue weighted by Gasteiger charge is -2.31. The maximum absolute atomic E-state index is 12.2. The van der Waals surface area contributed by atoms with Crippen molar-refractivity contribution in [3.05, 3.63) is 36.0 Å². The van der Waals surface area contributed by atoms with E-state index in [1.54, 1.807) is 0 Å². The van der Waals surface area contributed by atoms with Crippen molar-refractivity contribution in [2.45, 2.75) is 58.4 Å². The van der Waals surface area contributed by atoms with Gasteiger partial charge in [-0.2, -0.15) is 0 Å². The molecule has 1 aromatic heterocycles. The molecule has 0 unspecified atom stereocenters. The summed E-state index contributed by atoms with van der Waals surface area (Å²) in [6.07, 6.45) is 6.30. The Bertz CT molecular complexity index is 588. The molecule has 114 valence electrons. The van der Waals surface area contributed by atoms with Gasteiger partial charge < -0.3 is 10.3 Å². The molecule has 0 bridgehead atoms. The normalized spacial score (nSPS) is 11.8. The van der Waals surface area contributed by atoms with Gasteiger partial charge in [-0.25, -0.2) is 0 Å². The highest BCUT2D eigenvalue weighted by Gasteiger charge is 2.25. The van der Waals surface area contributed by atoms with E-state index in [1.165, 1.54) is 10.9 Å². The highest BCUT2D eigenvalue weighted by atomic mass is 16.1. The zero-order valence-electron chi connectivity index (χ0n) is 13.3. The minimum absolute atomic E-state index is 0.0305. The molecule has 0 radical (unpaired) electrons. The summed E-state index contributed by atoms with van der Waals surface area (Å²) in [5, 5.41) is 4.46. The van der Waals surface area contributed by atoms with Gasteiger partial charge >= 0.3 is 0 Å². The maximum atomic E-state index is 12.2. The van der Waals surface area contributed by atoms with Crippen molar-refractivity contribution in [3.8, 4) is 0 Å². The lowest BCUT2D eigenvalue weighted by Crippen LogP contribution is -2.47. The van der Waals surface area contributed by atoms with Crippen LogP contribution in [-0.4, -0.2) is 16.4 Å². The Morgan fingerprint density at radius 3 is 2.48 bits per heavy atom. The standard InChI is InChI=1S/C18H26N2O/c1-4-18(5-2,6-3)20-17(21)12-11-14-13-19-16-10-8-7-9-15(14)16/h7-10,13,19H,4-6,11-12H2,1-3H3,(H,20,21). The first-order chi connectivity index (χ1) is 10.1. The molecule has 3 nitrogen and oxygen atoms in total. The van der Waals surface area contributed by atoms with E-state index >= 15 is 0 Å². The van der Waals surface area contributed by atoms with Crippen LogP contribution in [0.15, 0.2) is 30.5 Å². The van der Waals surface area contributed by atoms with E-state index in [1.807, 2.05) is 18.3 Å². The van der Waals surface area contributed by atoms with Crippen molar-refractivity contribution in [1.82, 2.24) is 10.3 Å². The number of rotatable bonds is 7. The van der Waals surface area contributed by atoms with E-state index < -0.39 is 0 Å². The van der Waals surface area contributed by atoms with Crippen LogP contribution < -0.4 is 5.32 Å². The average Bonchev–Trinajstić information content (AvgIpc) is 2.94. The molecular formula is C18H26N2O. The van der Waals surface area contributed by atoms with E-state index in [4.69, 9.17) is 0 Å². The molecule has 0 atom stereocenters. The van der Waals surface area contributed by atoms with Gasteiger partial charge in [-0.1, -0.05) is 39.0 Å². The first-order valence-electron chi connectivity index (χ1n) is 8.00. The van der Waals surface area contributed by atoms with Gasteiger partial charge in [0.2, 0.25) is 5.91 Å². The van der Waals surface area contributed by atoms with Crippen molar-refractivity contribution >= 4 is 16.8 Å². The minimum atomic E-state index is -0.0305. The second-order valence-electron chi connectivity index (χ2n) is 5.75. The number of hydrogen-bond donors (Lipinski definition) is 2. The predicted molar refractivity (Wildman–Crippen MR) is 88.4 cm³/mol. The zero-order chi connectivity index (χ0) is 15.3. The first kappa shape index (κ1) is 15.6. The van der Waals surface area contributed by atoms with Crippen LogP contribution in [0.4, 0.5) is 0 Å². The number of benzene rings is 1. The molecule has 0 fully saturated rings. The number of H-pyrrole nitrogens is 1. The second-order valence-corrected chi connectivity index (χ2v) is 5.75. The van der Waals surface area contributed by atoms with Gasteiger partial charge in [-0.15, -0.1) is 0 Å². The van der Waals surface area contributed by atoms with Gasteiger partial charge in [-0.3, -0.25) is 4.79 Å². The fraction of sp³-hybridized carbons (Fsp3) is 0.500. The number of carbonyl (C=O) groups excluding carboxylic acids is 1. The van der Waals surface area contributed by atoms with Gasteiger partial charge in [0.15, 0.2) is 0 Å². The fourth-order valence-electron chi connectivity index (χ4n) is 2.96. The van der Waals surface area contributed by atoms with E-state index in [0.717, 1.165) is 31.2 Å². The number of aromatic amines is 1. The third kappa shape index (κ3) is 3.46. The summed E-state index contributed by atoms with van der Waals surface area (Å²) in [7, 11) is 0. The molecule has 0 aliphatic heterocycles. The van der Waals surface area contributed by atoms with Crippen LogP contribution in [-0.2, 0) is 11.2 Å². The molecule has 0 spiro atoms. The smallest absolute Gasteiger partial charge is 0.220 e. The Labute approximate surface area is 127 Å². The second kappa shape index (κ2) is 6.79. The summed E-state index contributed by atoms with van der Waals surface area (Å²) in [6.45, 7) is 6.44. The van der Waals surface area contributed by atoms with Crippen molar-refractivity contribution in [3.63, 3.8) is 0 Å². The average molecular weight is 286 g/mol. The molecule has 1 aromatic carbocycles. The van der Waals surface area contributed by atoms with Gasteiger partial charge in [0.05, 0.1) is 0 Å². The van der Waals surface area contributed by atoms with Gasteiger partial charge in [0.25, 0.3) is 0 Å². The van der Waals surface area contributed by atoms with Crippen molar-refractivity contribution in [2.24, 2.45) is 0 Å². The van der Waals surface area contributed by atoms with Crippen LogP contribution in [0, 0.1) is 0 Å². The SMILES string of the molecule is CCC(CC)(CC)NC(=O)CCc1c[nH]c2ccccc12. The highest BCUT2D eigenvalue weighted by molar-refractivity contribution is 5.84. The lowest BCUT2D eigenvalue weighted by atomic mass is 9.89. The van der Waals surface area contributed by atoms with Crippen LogP contribution in [0.3, 0.4) is 0 Å². The third-order valence-corrected chi connectivity index (χ3v) is 4.73. The number of aryl methyl sites for hydroxylation is 1. The van der Waals surface area contributed by atoms with Gasteiger partial charge in [0, 0.05) is 29.1 Å². The largest absolute Gasteiger partial charge is 0.361 e. The number of hydrogen-bond acceptors (Lipinski definition) is 1.